The summed E-state index contributed by atoms with van der Waals surface area (Å²) >= 11 is 0. The largest absolute Gasteiger partial charge is 0.449 e. The van der Waals surface area contributed by atoms with Crippen molar-refractivity contribution in [3.8, 4) is 0 Å². The number of pyridine rings is 1. The first kappa shape index (κ1) is 20.0. The summed E-state index contributed by atoms with van der Waals surface area (Å²) in [4.78, 5) is 32.0. The number of anilines is 1. The zero-order chi connectivity index (χ0) is 21.9. The van der Waals surface area contributed by atoms with Crippen LogP contribution in [-0.2, 0) is 9.53 Å². The molecule has 0 saturated carbocycles. The molecule has 2 amide bonds. The van der Waals surface area contributed by atoms with Gasteiger partial charge < -0.3 is 19.4 Å². The van der Waals surface area contributed by atoms with Crippen LogP contribution in [0.15, 0.2) is 71.3 Å². The number of fused-ring (bicyclic) bond motifs is 2. The highest BCUT2D eigenvalue weighted by molar-refractivity contribution is 6.13. The van der Waals surface area contributed by atoms with Gasteiger partial charge in [-0.2, -0.15) is 0 Å². The topological polar surface area (TPSA) is 84.7 Å². The molecule has 1 aliphatic heterocycles. The fraction of sp³-hybridized carbons (Fsp3) is 0.160. The van der Waals surface area contributed by atoms with Crippen molar-refractivity contribution >= 4 is 45.4 Å². The maximum Gasteiger partial charge on any atom is 0.291 e. The van der Waals surface area contributed by atoms with E-state index >= 15 is 0 Å². The second-order valence-corrected chi connectivity index (χ2v) is 7.45. The summed E-state index contributed by atoms with van der Waals surface area (Å²) in [5.41, 5.74) is 2.57. The van der Waals surface area contributed by atoms with Crippen LogP contribution >= 0.6 is 0 Å². The minimum atomic E-state index is -0.361. The predicted octanol–water partition coefficient (Wildman–Crippen LogP) is 4.11. The minimum absolute atomic E-state index is 0.127. The Morgan fingerprint density at radius 2 is 1.81 bits per heavy atom. The van der Waals surface area contributed by atoms with E-state index in [0.29, 0.717) is 43.0 Å². The fourth-order valence-electron chi connectivity index (χ4n) is 3.82. The average Bonchev–Trinajstić information content (AvgIpc) is 3.21. The number of carbonyl (C=O) groups excluding carboxylic acids is 2. The fourth-order valence-corrected chi connectivity index (χ4v) is 3.82. The maximum absolute atomic E-state index is 13.1. The van der Waals surface area contributed by atoms with E-state index < -0.39 is 0 Å². The first-order valence-electron chi connectivity index (χ1n) is 10.4. The summed E-state index contributed by atoms with van der Waals surface area (Å²) in [5.74, 6) is -0.496. The highest BCUT2D eigenvalue weighted by Crippen LogP contribution is 2.32. The second kappa shape index (κ2) is 8.64. The molecule has 0 spiro atoms. The molecule has 2 aromatic heterocycles. The zero-order valence-corrected chi connectivity index (χ0v) is 17.3. The van der Waals surface area contributed by atoms with E-state index in [1.54, 1.807) is 23.2 Å². The third-order valence-corrected chi connectivity index (χ3v) is 5.41. The summed E-state index contributed by atoms with van der Waals surface area (Å²) in [6.45, 7) is 1.93. The molecule has 3 heterocycles. The van der Waals surface area contributed by atoms with Crippen molar-refractivity contribution in [1.82, 2.24) is 9.88 Å². The van der Waals surface area contributed by atoms with Crippen LogP contribution in [0.3, 0.4) is 0 Å². The molecular formula is C25H21N3O4. The van der Waals surface area contributed by atoms with Gasteiger partial charge in [0.15, 0.2) is 0 Å². The highest BCUT2D eigenvalue weighted by atomic mass is 16.5. The number of furan rings is 1. The monoisotopic (exact) mass is 427 g/mol. The molecule has 0 aliphatic carbocycles. The highest BCUT2D eigenvalue weighted by Gasteiger charge is 2.27. The maximum atomic E-state index is 13.1. The minimum Gasteiger partial charge on any atom is -0.449 e. The Morgan fingerprint density at radius 3 is 2.69 bits per heavy atom. The van der Waals surface area contributed by atoms with Crippen LogP contribution in [-0.4, -0.2) is 48.0 Å². The van der Waals surface area contributed by atoms with Gasteiger partial charge in [0.05, 0.1) is 18.7 Å². The van der Waals surface area contributed by atoms with Crippen LogP contribution in [0, 0.1) is 0 Å². The molecule has 0 unspecified atom stereocenters. The molecule has 160 valence electrons. The van der Waals surface area contributed by atoms with Crippen molar-refractivity contribution < 1.29 is 18.7 Å². The predicted molar refractivity (Wildman–Crippen MR) is 122 cm³/mol. The number of morpholine rings is 1. The van der Waals surface area contributed by atoms with E-state index in [0.717, 1.165) is 16.5 Å². The number of nitrogens with zero attached hydrogens (tertiary/aromatic N) is 2. The lowest BCUT2D eigenvalue weighted by Crippen LogP contribution is -2.40. The van der Waals surface area contributed by atoms with E-state index in [1.165, 1.54) is 6.08 Å². The first-order chi connectivity index (χ1) is 15.7. The Morgan fingerprint density at radius 1 is 1.00 bits per heavy atom. The first-order valence-corrected chi connectivity index (χ1v) is 10.4. The van der Waals surface area contributed by atoms with Crippen LogP contribution < -0.4 is 5.32 Å². The number of benzene rings is 2. The zero-order valence-electron chi connectivity index (χ0n) is 17.3. The Hall–Kier alpha value is -3.97. The Balaban J connectivity index is 1.44. The summed E-state index contributed by atoms with van der Waals surface area (Å²) in [6, 6.07) is 16.9. The van der Waals surface area contributed by atoms with Crippen molar-refractivity contribution in [2.45, 2.75) is 0 Å². The smallest absolute Gasteiger partial charge is 0.291 e. The van der Waals surface area contributed by atoms with Crippen LogP contribution in [0.2, 0.25) is 0 Å². The Bertz CT molecular complexity index is 1330. The molecule has 1 N–H and O–H groups in total. The summed E-state index contributed by atoms with van der Waals surface area (Å²) in [7, 11) is 0. The molecule has 1 fully saturated rings. The van der Waals surface area contributed by atoms with Gasteiger partial charge in [-0.05, 0) is 24.3 Å². The number of carbonyl (C=O) groups is 2. The number of ether oxygens (including phenoxy) is 1. The molecule has 7 heteroatoms. The van der Waals surface area contributed by atoms with Gasteiger partial charge in [0, 0.05) is 41.7 Å². The molecule has 0 radical (unpaired) electrons. The van der Waals surface area contributed by atoms with Crippen molar-refractivity contribution in [3.05, 3.63) is 78.2 Å². The molecule has 2 aromatic carbocycles. The van der Waals surface area contributed by atoms with Gasteiger partial charge in [-0.15, -0.1) is 0 Å². The van der Waals surface area contributed by atoms with Crippen LogP contribution in [0.25, 0.3) is 27.9 Å². The normalized spacial score (nSPS) is 14.3. The molecule has 7 nitrogen and oxygen atoms in total. The number of nitrogens with one attached hydrogen (secondary N) is 1. The van der Waals surface area contributed by atoms with Gasteiger partial charge in [0.25, 0.3) is 5.91 Å². The number of rotatable bonds is 4. The third kappa shape index (κ3) is 3.86. The molecule has 0 bridgehead atoms. The third-order valence-electron chi connectivity index (χ3n) is 5.41. The van der Waals surface area contributed by atoms with Crippen molar-refractivity contribution in [3.63, 3.8) is 0 Å². The number of para-hydroxylation sites is 2. The van der Waals surface area contributed by atoms with Gasteiger partial charge in [-0.25, -0.2) is 0 Å². The number of hydrogen-bond acceptors (Lipinski definition) is 5. The molecule has 0 atom stereocenters. The number of hydrogen-bond donors (Lipinski definition) is 1. The van der Waals surface area contributed by atoms with Crippen molar-refractivity contribution in [1.29, 1.82) is 0 Å². The van der Waals surface area contributed by atoms with E-state index in [-0.39, 0.29) is 17.6 Å². The van der Waals surface area contributed by atoms with Crippen LogP contribution in [0.4, 0.5) is 5.69 Å². The lowest BCUT2D eigenvalue weighted by molar-refractivity contribution is -0.111. The van der Waals surface area contributed by atoms with Gasteiger partial charge in [0.1, 0.15) is 11.3 Å². The quantitative estimate of drug-likeness (QED) is 0.496. The van der Waals surface area contributed by atoms with Crippen molar-refractivity contribution in [2.75, 3.05) is 31.6 Å². The molecule has 1 saturated heterocycles. The Kier molecular flexibility index (Phi) is 5.39. The molecule has 1 aliphatic rings. The Labute approximate surface area is 184 Å². The van der Waals surface area contributed by atoms with Gasteiger partial charge in [-0.3, -0.25) is 14.6 Å². The molecule has 4 aromatic rings. The summed E-state index contributed by atoms with van der Waals surface area (Å²) in [6.07, 6.45) is 4.88. The lowest BCUT2D eigenvalue weighted by Gasteiger charge is -2.26. The van der Waals surface area contributed by atoms with Gasteiger partial charge in [0.2, 0.25) is 11.7 Å². The average molecular weight is 427 g/mol. The van der Waals surface area contributed by atoms with E-state index in [2.05, 4.69) is 10.3 Å². The van der Waals surface area contributed by atoms with E-state index in [4.69, 9.17) is 9.15 Å². The SMILES string of the molecule is O=C(C=Cc1cccc2cccnc12)Nc1c(C(=O)N2CCOCC2)oc2ccccc12. The van der Waals surface area contributed by atoms with Gasteiger partial charge in [-0.1, -0.05) is 36.4 Å². The lowest BCUT2D eigenvalue weighted by atomic mass is 10.1. The molecule has 32 heavy (non-hydrogen) atoms. The van der Waals surface area contributed by atoms with E-state index in [1.807, 2.05) is 48.5 Å². The van der Waals surface area contributed by atoms with Crippen LogP contribution in [0.1, 0.15) is 16.1 Å². The van der Waals surface area contributed by atoms with Gasteiger partial charge >= 0.3 is 0 Å². The van der Waals surface area contributed by atoms with Crippen LogP contribution in [0.5, 0.6) is 0 Å². The summed E-state index contributed by atoms with van der Waals surface area (Å²) < 4.78 is 11.2. The number of aromatic nitrogens is 1. The van der Waals surface area contributed by atoms with E-state index in [9.17, 15) is 9.59 Å². The van der Waals surface area contributed by atoms with Crippen molar-refractivity contribution in [2.24, 2.45) is 0 Å². The number of amides is 2. The second-order valence-electron chi connectivity index (χ2n) is 7.45. The summed E-state index contributed by atoms with van der Waals surface area (Å²) in [5, 5.41) is 4.53. The standard InChI is InChI=1S/C25H21N3O4/c29-21(11-10-18-6-3-5-17-7-4-12-26-22(17)18)27-23-19-8-1-2-9-20(19)32-24(23)25(30)28-13-15-31-16-14-28/h1-12H,13-16H2,(H,27,29). The molecular weight excluding hydrogens is 406 g/mol. The molecule has 5 rings (SSSR count).